The number of terminal acetylenes is 1. The molecule has 1 aromatic rings. The average Bonchev–Trinajstić information content (AvgIpc) is 2.67. The molecule has 2 unspecified atom stereocenters. The fourth-order valence-electron chi connectivity index (χ4n) is 1.97. The van der Waals surface area contributed by atoms with Crippen molar-refractivity contribution in [2.24, 2.45) is 10.7 Å². The number of carbonyl (C=O) groups is 1. The molecular formula is C13H11BrClN3O. The van der Waals surface area contributed by atoms with Crippen LogP contribution < -0.4 is 5.73 Å². The van der Waals surface area contributed by atoms with E-state index in [2.05, 4.69) is 26.8 Å². The van der Waals surface area contributed by atoms with Crippen molar-refractivity contribution in [1.29, 1.82) is 0 Å². The Hall–Kier alpha value is -1.51. The van der Waals surface area contributed by atoms with Crippen molar-refractivity contribution < 1.29 is 4.79 Å². The van der Waals surface area contributed by atoms with E-state index in [0.29, 0.717) is 5.02 Å². The Bertz CT molecular complexity index is 608. The van der Waals surface area contributed by atoms with Crippen molar-refractivity contribution >= 4 is 39.4 Å². The van der Waals surface area contributed by atoms with Gasteiger partial charge in [0.1, 0.15) is 11.9 Å². The van der Waals surface area contributed by atoms with Crippen LogP contribution in [0.15, 0.2) is 27.7 Å². The Labute approximate surface area is 124 Å². The smallest absolute Gasteiger partial charge is 0.347 e. The molecule has 0 aliphatic carbocycles. The second-order valence-corrected chi connectivity index (χ2v) is 5.41. The maximum absolute atomic E-state index is 11.8. The lowest BCUT2D eigenvalue weighted by Gasteiger charge is -2.27. The lowest BCUT2D eigenvalue weighted by molar-refractivity contribution is 0.199. The first kappa shape index (κ1) is 13.9. The monoisotopic (exact) mass is 339 g/mol. The van der Waals surface area contributed by atoms with Gasteiger partial charge in [-0.25, -0.2) is 4.79 Å². The van der Waals surface area contributed by atoms with Crippen molar-refractivity contribution in [2.75, 3.05) is 0 Å². The summed E-state index contributed by atoms with van der Waals surface area (Å²) in [7, 11) is 0. The predicted octanol–water partition coefficient (Wildman–Crippen LogP) is 2.96. The second kappa shape index (κ2) is 5.24. The Kier molecular flexibility index (Phi) is 3.83. The zero-order valence-electron chi connectivity index (χ0n) is 10.1. The summed E-state index contributed by atoms with van der Waals surface area (Å²) in [6.07, 6.45) is 5.39. The zero-order valence-corrected chi connectivity index (χ0v) is 12.4. The van der Waals surface area contributed by atoms with E-state index in [-0.39, 0.29) is 5.84 Å². The number of benzene rings is 1. The van der Waals surface area contributed by atoms with Crippen LogP contribution in [0.1, 0.15) is 18.5 Å². The molecule has 1 aliphatic heterocycles. The van der Waals surface area contributed by atoms with Gasteiger partial charge >= 0.3 is 6.03 Å². The molecule has 1 heterocycles. The molecule has 6 heteroatoms. The maximum Gasteiger partial charge on any atom is 0.347 e. The van der Waals surface area contributed by atoms with Gasteiger partial charge in [0, 0.05) is 4.47 Å². The minimum atomic E-state index is -0.452. The summed E-state index contributed by atoms with van der Waals surface area (Å²) in [4.78, 5) is 17.1. The molecule has 1 aromatic carbocycles. The van der Waals surface area contributed by atoms with Crippen LogP contribution in [0.2, 0.25) is 5.02 Å². The Morgan fingerprint density at radius 3 is 2.89 bits per heavy atom. The molecule has 2 amide bonds. The molecule has 0 spiro atoms. The summed E-state index contributed by atoms with van der Waals surface area (Å²) in [5.74, 6) is 2.76. The van der Waals surface area contributed by atoms with Crippen LogP contribution >= 0.6 is 27.5 Å². The molecule has 0 radical (unpaired) electrons. The highest BCUT2D eigenvalue weighted by Gasteiger charge is 2.37. The van der Waals surface area contributed by atoms with Crippen LogP contribution in [0.4, 0.5) is 4.79 Å². The van der Waals surface area contributed by atoms with E-state index >= 15 is 0 Å². The third-order valence-electron chi connectivity index (χ3n) is 2.92. The maximum atomic E-state index is 11.8. The van der Waals surface area contributed by atoms with E-state index in [4.69, 9.17) is 23.8 Å². The topological polar surface area (TPSA) is 58.7 Å². The van der Waals surface area contributed by atoms with Crippen LogP contribution in [0.25, 0.3) is 0 Å². The number of amides is 2. The first-order chi connectivity index (χ1) is 8.95. The van der Waals surface area contributed by atoms with E-state index in [9.17, 15) is 4.79 Å². The van der Waals surface area contributed by atoms with Gasteiger partial charge in [-0.1, -0.05) is 23.6 Å². The summed E-state index contributed by atoms with van der Waals surface area (Å²) >= 11 is 9.30. The molecule has 0 saturated carbocycles. The van der Waals surface area contributed by atoms with Gasteiger partial charge in [-0.05, 0) is 40.5 Å². The highest BCUT2D eigenvalue weighted by atomic mass is 79.9. The van der Waals surface area contributed by atoms with E-state index in [1.165, 1.54) is 4.90 Å². The molecular weight excluding hydrogens is 330 g/mol. The number of urea groups is 1. The van der Waals surface area contributed by atoms with Gasteiger partial charge < -0.3 is 5.73 Å². The minimum absolute atomic E-state index is 0.237. The van der Waals surface area contributed by atoms with E-state index in [0.717, 1.165) is 10.0 Å². The van der Waals surface area contributed by atoms with Crippen LogP contribution in [0.3, 0.4) is 0 Å². The Morgan fingerprint density at radius 1 is 1.63 bits per heavy atom. The van der Waals surface area contributed by atoms with Crippen molar-refractivity contribution in [3.63, 3.8) is 0 Å². The van der Waals surface area contributed by atoms with Gasteiger partial charge in [0.05, 0.1) is 11.1 Å². The lowest BCUT2D eigenvalue weighted by atomic mass is 10.0. The number of amidine groups is 1. The number of nitrogens with zero attached hydrogens (tertiary/aromatic N) is 2. The molecule has 2 N–H and O–H groups in total. The summed E-state index contributed by atoms with van der Waals surface area (Å²) < 4.78 is 0.729. The quantitative estimate of drug-likeness (QED) is 0.842. The van der Waals surface area contributed by atoms with Crippen LogP contribution in [0.5, 0.6) is 0 Å². The molecule has 0 bridgehead atoms. The van der Waals surface area contributed by atoms with E-state index < -0.39 is 18.1 Å². The van der Waals surface area contributed by atoms with Crippen molar-refractivity contribution in [3.8, 4) is 12.3 Å². The summed E-state index contributed by atoms with van der Waals surface area (Å²) in [6, 6.07) is 4.08. The molecule has 98 valence electrons. The molecule has 0 aromatic heterocycles. The molecule has 19 heavy (non-hydrogen) atoms. The average molecular weight is 341 g/mol. The van der Waals surface area contributed by atoms with Gasteiger partial charge in [0.15, 0.2) is 0 Å². The SMILES string of the molecule is C#CC(C)N1C(=O)N=C(N)C1c1ccc(Cl)c(Br)c1. The third kappa shape index (κ3) is 2.46. The predicted molar refractivity (Wildman–Crippen MR) is 79.0 cm³/mol. The van der Waals surface area contributed by atoms with Gasteiger partial charge in [0.2, 0.25) is 0 Å². The Balaban J connectivity index is 2.46. The summed E-state index contributed by atoms with van der Waals surface area (Å²) in [6.45, 7) is 1.75. The minimum Gasteiger partial charge on any atom is -0.385 e. The fourth-order valence-corrected chi connectivity index (χ4v) is 2.48. The largest absolute Gasteiger partial charge is 0.385 e. The number of hydrogen-bond donors (Lipinski definition) is 1. The summed E-state index contributed by atoms with van der Waals surface area (Å²) in [5, 5.41) is 0.583. The van der Waals surface area contributed by atoms with Crippen LogP contribution in [0, 0.1) is 12.3 Å². The molecule has 1 aliphatic rings. The number of nitrogens with two attached hydrogens (primary N) is 1. The fraction of sp³-hybridized carbons (Fsp3) is 0.231. The molecule has 4 nitrogen and oxygen atoms in total. The molecule has 2 atom stereocenters. The van der Waals surface area contributed by atoms with Crippen LogP contribution in [-0.4, -0.2) is 22.8 Å². The van der Waals surface area contributed by atoms with E-state index in [1.807, 2.05) is 6.07 Å². The van der Waals surface area contributed by atoms with Gasteiger partial charge in [0.25, 0.3) is 0 Å². The zero-order chi connectivity index (χ0) is 14.2. The van der Waals surface area contributed by atoms with Crippen molar-refractivity contribution in [1.82, 2.24) is 4.90 Å². The van der Waals surface area contributed by atoms with Crippen molar-refractivity contribution in [3.05, 3.63) is 33.3 Å². The van der Waals surface area contributed by atoms with Gasteiger partial charge in [-0.2, -0.15) is 4.99 Å². The standard InChI is InChI=1S/C13H11BrClN3O/c1-3-7(2)18-11(12(16)17-13(18)19)8-4-5-10(15)9(14)6-8/h1,4-7,11H,2H3,(H2,16,17,19). The first-order valence-electron chi connectivity index (χ1n) is 5.53. The van der Waals surface area contributed by atoms with Gasteiger partial charge in [-0.3, -0.25) is 4.90 Å². The lowest BCUT2D eigenvalue weighted by Crippen LogP contribution is -2.38. The number of rotatable bonds is 2. The molecule has 0 fully saturated rings. The van der Waals surface area contributed by atoms with Crippen LogP contribution in [-0.2, 0) is 0 Å². The van der Waals surface area contributed by atoms with Crippen molar-refractivity contribution in [2.45, 2.75) is 19.0 Å². The Morgan fingerprint density at radius 2 is 2.32 bits per heavy atom. The number of aliphatic imine (C=N–C) groups is 1. The normalized spacial score (nSPS) is 20.1. The highest BCUT2D eigenvalue weighted by molar-refractivity contribution is 9.10. The third-order valence-corrected chi connectivity index (χ3v) is 4.14. The summed E-state index contributed by atoms with van der Waals surface area (Å²) in [5.41, 5.74) is 6.65. The number of carbonyl (C=O) groups excluding carboxylic acids is 1. The van der Waals surface area contributed by atoms with E-state index in [1.54, 1.807) is 19.1 Å². The number of hydrogen-bond acceptors (Lipinski definition) is 2. The number of halogens is 2. The molecule has 0 saturated heterocycles. The van der Waals surface area contributed by atoms with Gasteiger partial charge in [-0.15, -0.1) is 6.42 Å². The first-order valence-corrected chi connectivity index (χ1v) is 6.70. The second-order valence-electron chi connectivity index (χ2n) is 4.15. The molecule has 2 rings (SSSR count). The highest BCUT2D eigenvalue weighted by Crippen LogP contribution is 2.32.